The summed E-state index contributed by atoms with van der Waals surface area (Å²) in [5.74, 6) is -0.0375. The molecule has 0 aromatic carbocycles. The van der Waals surface area contributed by atoms with Gasteiger partial charge in [0.1, 0.15) is 5.01 Å². The molecule has 5 heteroatoms. The molecule has 1 aromatic rings. The van der Waals surface area contributed by atoms with Gasteiger partial charge in [0.15, 0.2) is 0 Å². The molecule has 0 aliphatic heterocycles. The highest BCUT2D eigenvalue weighted by molar-refractivity contribution is 7.11. The van der Waals surface area contributed by atoms with E-state index in [1.807, 2.05) is 13.1 Å². The van der Waals surface area contributed by atoms with Crippen molar-refractivity contribution < 1.29 is 4.79 Å². The van der Waals surface area contributed by atoms with Crippen LogP contribution >= 0.6 is 11.3 Å². The Morgan fingerprint density at radius 3 is 2.88 bits per heavy atom. The van der Waals surface area contributed by atoms with Gasteiger partial charge in [-0.15, -0.1) is 11.3 Å². The summed E-state index contributed by atoms with van der Waals surface area (Å²) in [6, 6.07) is -0.0474. The van der Waals surface area contributed by atoms with Crippen molar-refractivity contribution in [1.29, 1.82) is 0 Å². The molecule has 0 radical (unpaired) electrons. The third-order valence-electron chi connectivity index (χ3n) is 3.34. The van der Waals surface area contributed by atoms with Crippen LogP contribution in [0.5, 0.6) is 0 Å². The molecule has 3 N–H and O–H groups in total. The van der Waals surface area contributed by atoms with Crippen LogP contribution in [0.3, 0.4) is 0 Å². The second-order valence-electron chi connectivity index (χ2n) is 4.72. The molecule has 1 amide bonds. The van der Waals surface area contributed by atoms with Crippen molar-refractivity contribution in [3.8, 4) is 0 Å². The van der Waals surface area contributed by atoms with Gasteiger partial charge in [-0.1, -0.05) is 6.92 Å². The number of carbonyl (C=O) groups is 1. The van der Waals surface area contributed by atoms with Gasteiger partial charge in [0, 0.05) is 11.1 Å². The molecule has 1 aliphatic carbocycles. The van der Waals surface area contributed by atoms with Crippen molar-refractivity contribution in [2.45, 2.75) is 51.1 Å². The van der Waals surface area contributed by atoms with Crippen molar-refractivity contribution in [2.75, 3.05) is 0 Å². The van der Waals surface area contributed by atoms with Gasteiger partial charge in [-0.3, -0.25) is 4.79 Å². The number of rotatable bonds is 4. The Labute approximate surface area is 106 Å². The Morgan fingerprint density at radius 2 is 2.41 bits per heavy atom. The van der Waals surface area contributed by atoms with Crippen LogP contribution in [0, 0.1) is 0 Å². The van der Waals surface area contributed by atoms with Crippen LogP contribution in [0.4, 0.5) is 0 Å². The Bertz CT molecular complexity index is 412. The van der Waals surface area contributed by atoms with Crippen molar-refractivity contribution in [3.05, 3.63) is 16.1 Å². The number of hydrogen-bond acceptors (Lipinski definition) is 4. The lowest BCUT2D eigenvalue weighted by atomic mass is 9.77. The summed E-state index contributed by atoms with van der Waals surface area (Å²) in [7, 11) is 0. The van der Waals surface area contributed by atoms with Crippen molar-refractivity contribution in [3.63, 3.8) is 0 Å². The zero-order valence-corrected chi connectivity index (χ0v) is 11.1. The van der Waals surface area contributed by atoms with Crippen molar-refractivity contribution in [2.24, 2.45) is 5.73 Å². The predicted octanol–water partition coefficient (Wildman–Crippen LogP) is 1.76. The van der Waals surface area contributed by atoms with Gasteiger partial charge in [-0.05, 0) is 32.6 Å². The summed E-state index contributed by atoms with van der Waals surface area (Å²) in [5.41, 5.74) is 5.35. The minimum absolute atomic E-state index is 0.0375. The highest BCUT2D eigenvalue weighted by Gasteiger charge is 2.40. The largest absolute Gasteiger partial charge is 0.346 e. The van der Waals surface area contributed by atoms with Crippen LogP contribution in [0.25, 0.3) is 0 Å². The number of hydrogen-bond donors (Lipinski definition) is 2. The molecule has 1 fully saturated rings. The third kappa shape index (κ3) is 2.50. The van der Waals surface area contributed by atoms with Gasteiger partial charge in [-0.25, -0.2) is 4.98 Å². The molecule has 1 unspecified atom stereocenters. The molecule has 1 aliphatic rings. The molecule has 94 valence electrons. The molecule has 1 heterocycles. The van der Waals surface area contributed by atoms with Gasteiger partial charge in [0.05, 0.1) is 11.6 Å². The second kappa shape index (κ2) is 4.74. The maximum Gasteiger partial charge on any atom is 0.240 e. The topological polar surface area (TPSA) is 68.0 Å². The van der Waals surface area contributed by atoms with Crippen LogP contribution in [0.2, 0.25) is 0 Å². The zero-order chi connectivity index (χ0) is 12.5. The number of aryl methyl sites for hydroxylation is 1. The average Bonchev–Trinajstić information content (AvgIpc) is 2.74. The van der Waals surface area contributed by atoms with Crippen molar-refractivity contribution >= 4 is 17.2 Å². The standard InChI is InChI=1S/C12H19N3OS/c1-3-9-7-14-10(17-9)8(2)15-11(16)12(13)5-4-6-12/h7-8H,3-6,13H2,1-2H3,(H,15,16). The number of nitrogens with zero attached hydrogens (tertiary/aromatic N) is 1. The molecule has 2 rings (SSSR count). The number of thiazole rings is 1. The lowest BCUT2D eigenvalue weighted by molar-refractivity contribution is -0.129. The van der Waals surface area contributed by atoms with Gasteiger partial charge in [-0.2, -0.15) is 0 Å². The van der Waals surface area contributed by atoms with Crippen LogP contribution < -0.4 is 11.1 Å². The summed E-state index contributed by atoms with van der Waals surface area (Å²) in [6.45, 7) is 4.06. The van der Waals surface area contributed by atoms with E-state index in [1.165, 1.54) is 4.88 Å². The lowest BCUT2D eigenvalue weighted by Gasteiger charge is -2.36. The Kier molecular flexibility index (Phi) is 3.49. The highest BCUT2D eigenvalue weighted by atomic mass is 32.1. The molecule has 4 nitrogen and oxygen atoms in total. The Morgan fingerprint density at radius 1 is 1.71 bits per heavy atom. The lowest BCUT2D eigenvalue weighted by Crippen LogP contribution is -2.58. The van der Waals surface area contributed by atoms with Gasteiger partial charge in [0.2, 0.25) is 5.91 Å². The van der Waals surface area contributed by atoms with Crippen molar-refractivity contribution in [1.82, 2.24) is 10.3 Å². The first kappa shape index (κ1) is 12.5. The number of carbonyl (C=O) groups excluding carboxylic acids is 1. The monoisotopic (exact) mass is 253 g/mol. The molecule has 17 heavy (non-hydrogen) atoms. The van der Waals surface area contributed by atoms with Crippen LogP contribution in [-0.4, -0.2) is 16.4 Å². The fourth-order valence-electron chi connectivity index (χ4n) is 1.87. The Hall–Kier alpha value is -0.940. The molecule has 1 saturated carbocycles. The first-order valence-electron chi connectivity index (χ1n) is 6.09. The molecule has 0 bridgehead atoms. The summed E-state index contributed by atoms with van der Waals surface area (Å²) in [4.78, 5) is 17.5. The first-order chi connectivity index (χ1) is 8.05. The van der Waals surface area contributed by atoms with Crippen LogP contribution in [0.1, 0.15) is 49.0 Å². The minimum Gasteiger partial charge on any atom is -0.346 e. The van der Waals surface area contributed by atoms with E-state index in [9.17, 15) is 4.79 Å². The highest BCUT2D eigenvalue weighted by Crippen LogP contribution is 2.30. The SMILES string of the molecule is CCc1cnc(C(C)NC(=O)C2(N)CCC2)s1. The second-order valence-corrected chi connectivity index (χ2v) is 5.87. The maximum atomic E-state index is 11.9. The van der Waals surface area contributed by atoms with E-state index in [-0.39, 0.29) is 11.9 Å². The number of aromatic nitrogens is 1. The minimum atomic E-state index is -0.626. The normalized spacial score (nSPS) is 19.5. The fraction of sp³-hybridized carbons (Fsp3) is 0.667. The fourth-order valence-corrected chi connectivity index (χ4v) is 2.73. The molecule has 1 aromatic heterocycles. The van der Waals surface area contributed by atoms with E-state index in [4.69, 9.17) is 5.73 Å². The van der Waals surface area contributed by atoms with E-state index in [0.29, 0.717) is 0 Å². The van der Waals surface area contributed by atoms with E-state index >= 15 is 0 Å². The molecule has 0 saturated heterocycles. The maximum absolute atomic E-state index is 11.9. The number of nitrogens with one attached hydrogen (secondary N) is 1. The van der Waals surface area contributed by atoms with Gasteiger partial charge < -0.3 is 11.1 Å². The quantitative estimate of drug-likeness (QED) is 0.859. The molecule has 1 atom stereocenters. The van der Waals surface area contributed by atoms with E-state index in [2.05, 4.69) is 17.2 Å². The molecule has 0 spiro atoms. The molecular weight excluding hydrogens is 234 g/mol. The Balaban J connectivity index is 1.96. The smallest absolute Gasteiger partial charge is 0.240 e. The van der Waals surface area contributed by atoms with Gasteiger partial charge >= 0.3 is 0 Å². The average molecular weight is 253 g/mol. The van der Waals surface area contributed by atoms with E-state index in [1.54, 1.807) is 11.3 Å². The number of amides is 1. The third-order valence-corrected chi connectivity index (χ3v) is 4.66. The summed E-state index contributed by atoms with van der Waals surface area (Å²) in [6.07, 6.45) is 5.51. The zero-order valence-electron chi connectivity index (χ0n) is 10.3. The number of nitrogens with two attached hydrogens (primary N) is 1. The summed E-state index contributed by atoms with van der Waals surface area (Å²) >= 11 is 1.65. The van der Waals surface area contributed by atoms with Crippen LogP contribution in [0.15, 0.2) is 6.20 Å². The summed E-state index contributed by atoms with van der Waals surface area (Å²) in [5, 5.41) is 3.92. The van der Waals surface area contributed by atoms with Gasteiger partial charge in [0.25, 0.3) is 0 Å². The van der Waals surface area contributed by atoms with E-state index in [0.717, 1.165) is 30.7 Å². The summed E-state index contributed by atoms with van der Waals surface area (Å²) < 4.78 is 0. The van der Waals surface area contributed by atoms with E-state index < -0.39 is 5.54 Å². The predicted molar refractivity (Wildman–Crippen MR) is 68.8 cm³/mol. The van der Waals surface area contributed by atoms with Crippen LogP contribution in [-0.2, 0) is 11.2 Å². The molecular formula is C12H19N3OS. The first-order valence-corrected chi connectivity index (χ1v) is 6.91.